The van der Waals surface area contributed by atoms with Crippen molar-refractivity contribution in [3.05, 3.63) is 95.7 Å². The maximum Gasteiger partial charge on any atom is 0.142 e. The lowest BCUT2D eigenvalue weighted by Gasteiger charge is -2.08. The Morgan fingerprint density at radius 1 is 0.500 bits per heavy atom. The van der Waals surface area contributed by atoms with Crippen LogP contribution in [-0.4, -0.2) is 0 Å². The average Bonchev–Trinajstić information content (AvgIpc) is 3.08. The van der Waals surface area contributed by atoms with Gasteiger partial charge in [-0.3, -0.25) is 0 Å². The van der Waals surface area contributed by atoms with E-state index in [1.165, 1.54) is 27.8 Å². The Bertz CT molecular complexity index is 954. The highest BCUT2D eigenvalue weighted by atomic mass is 16.3. The number of aryl methyl sites for hydroxylation is 3. The number of hydrogen-bond acceptors (Lipinski definition) is 1. The summed E-state index contributed by atoms with van der Waals surface area (Å²) in [6, 6.07) is 25.8. The molecule has 0 bridgehead atoms. The van der Waals surface area contributed by atoms with Crippen LogP contribution in [0, 0.1) is 20.8 Å². The van der Waals surface area contributed by atoms with Crippen LogP contribution in [-0.2, 0) is 0 Å². The van der Waals surface area contributed by atoms with Gasteiger partial charge in [0, 0.05) is 16.7 Å². The van der Waals surface area contributed by atoms with Gasteiger partial charge >= 0.3 is 0 Å². The van der Waals surface area contributed by atoms with E-state index in [9.17, 15) is 0 Å². The molecule has 3 aromatic carbocycles. The van der Waals surface area contributed by atoms with E-state index in [0.29, 0.717) is 0 Å². The summed E-state index contributed by atoms with van der Waals surface area (Å²) in [6.07, 6.45) is 1.88. The van der Waals surface area contributed by atoms with E-state index < -0.39 is 0 Å². The molecule has 0 amide bonds. The van der Waals surface area contributed by atoms with Crippen molar-refractivity contribution in [1.82, 2.24) is 0 Å². The van der Waals surface area contributed by atoms with Gasteiger partial charge in [0.1, 0.15) is 5.76 Å². The van der Waals surface area contributed by atoms with Crippen LogP contribution in [0.3, 0.4) is 0 Å². The molecule has 4 rings (SSSR count). The van der Waals surface area contributed by atoms with Crippen LogP contribution < -0.4 is 0 Å². The second kappa shape index (κ2) is 6.68. The Labute approximate surface area is 154 Å². The van der Waals surface area contributed by atoms with Crippen molar-refractivity contribution in [2.24, 2.45) is 0 Å². The van der Waals surface area contributed by atoms with Crippen LogP contribution in [0.2, 0.25) is 0 Å². The standard InChI is InChI=1S/C25H22O/c1-17-4-10-20(11-5-17)23-16-26-25(22-14-8-19(3)9-15-22)24(23)21-12-6-18(2)7-13-21/h4-16H,1-3H3. The maximum atomic E-state index is 6.09. The van der Waals surface area contributed by atoms with Crippen LogP contribution in [0.15, 0.2) is 83.5 Å². The number of furan rings is 1. The molecule has 0 spiro atoms. The summed E-state index contributed by atoms with van der Waals surface area (Å²) < 4.78 is 6.09. The lowest BCUT2D eigenvalue weighted by Crippen LogP contribution is -1.85. The zero-order valence-corrected chi connectivity index (χ0v) is 15.4. The zero-order chi connectivity index (χ0) is 18.1. The van der Waals surface area contributed by atoms with E-state index in [1.54, 1.807) is 0 Å². The third-order valence-electron chi connectivity index (χ3n) is 4.81. The molecule has 26 heavy (non-hydrogen) atoms. The molecule has 0 aliphatic heterocycles. The summed E-state index contributed by atoms with van der Waals surface area (Å²) in [5.74, 6) is 0.921. The third kappa shape index (κ3) is 3.09. The van der Waals surface area contributed by atoms with Gasteiger partial charge in [0.25, 0.3) is 0 Å². The van der Waals surface area contributed by atoms with Crippen molar-refractivity contribution in [3.63, 3.8) is 0 Å². The summed E-state index contributed by atoms with van der Waals surface area (Å²) in [4.78, 5) is 0. The number of rotatable bonds is 3. The van der Waals surface area contributed by atoms with E-state index >= 15 is 0 Å². The van der Waals surface area contributed by atoms with Crippen molar-refractivity contribution in [1.29, 1.82) is 0 Å². The Hall–Kier alpha value is -3.06. The Balaban J connectivity index is 1.93. The molecule has 0 saturated carbocycles. The monoisotopic (exact) mass is 338 g/mol. The summed E-state index contributed by atoms with van der Waals surface area (Å²) in [7, 11) is 0. The molecule has 4 aromatic rings. The summed E-state index contributed by atoms with van der Waals surface area (Å²) in [5, 5.41) is 0. The molecule has 0 aliphatic carbocycles. The first-order valence-corrected chi connectivity index (χ1v) is 8.94. The molecule has 0 unspecified atom stereocenters. The van der Waals surface area contributed by atoms with E-state index in [-0.39, 0.29) is 0 Å². The topological polar surface area (TPSA) is 13.1 Å². The molecule has 0 radical (unpaired) electrons. The summed E-state index contributed by atoms with van der Waals surface area (Å²) >= 11 is 0. The van der Waals surface area contributed by atoms with Crippen molar-refractivity contribution in [2.45, 2.75) is 20.8 Å². The lowest BCUT2D eigenvalue weighted by molar-refractivity contribution is 0.584. The molecule has 1 aromatic heterocycles. The number of hydrogen-bond donors (Lipinski definition) is 0. The van der Waals surface area contributed by atoms with E-state index in [1.807, 2.05) is 6.26 Å². The minimum atomic E-state index is 0.921. The third-order valence-corrected chi connectivity index (χ3v) is 4.81. The van der Waals surface area contributed by atoms with Crippen LogP contribution in [0.25, 0.3) is 33.6 Å². The molecule has 0 N–H and O–H groups in total. The van der Waals surface area contributed by atoms with Gasteiger partial charge in [-0.05, 0) is 31.9 Å². The molecule has 0 atom stereocenters. The highest BCUT2D eigenvalue weighted by Gasteiger charge is 2.18. The molecule has 0 fully saturated rings. The summed E-state index contributed by atoms with van der Waals surface area (Å²) in [6.45, 7) is 6.32. The summed E-state index contributed by atoms with van der Waals surface area (Å²) in [5.41, 5.74) is 9.49. The van der Waals surface area contributed by atoms with Gasteiger partial charge in [0.15, 0.2) is 0 Å². The zero-order valence-electron chi connectivity index (χ0n) is 15.4. The second-order valence-corrected chi connectivity index (χ2v) is 6.95. The predicted octanol–water partition coefficient (Wildman–Crippen LogP) is 7.21. The quantitative estimate of drug-likeness (QED) is 0.385. The fourth-order valence-corrected chi connectivity index (χ4v) is 3.23. The highest BCUT2D eigenvalue weighted by molar-refractivity contribution is 5.92. The fourth-order valence-electron chi connectivity index (χ4n) is 3.23. The molecule has 128 valence electrons. The normalized spacial score (nSPS) is 10.9. The number of benzene rings is 3. The second-order valence-electron chi connectivity index (χ2n) is 6.95. The van der Waals surface area contributed by atoms with Gasteiger partial charge in [-0.2, -0.15) is 0 Å². The van der Waals surface area contributed by atoms with Crippen molar-refractivity contribution in [3.8, 4) is 33.6 Å². The Kier molecular flexibility index (Phi) is 4.22. The fraction of sp³-hybridized carbons (Fsp3) is 0.120. The minimum absolute atomic E-state index is 0.921. The molecule has 0 aliphatic rings. The predicted molar refractivity (Wildman–Crippen MR) is 109 cm³/mol. The molecule has 1 nitrogen and oxygen atoms in total. The average molecular weight is 338 g/mol. The molecule has 1 heteroatoms. The minimum Gasteiger partial charge on any atom is -0.463 e. The van der Waals surface area contributed by atoms with E-state index in [4.69, 9.17) is 4.42 Å². The van der Waals surface area contributed by atoms with Gasteiger partial charge in [-0.15, -0.1) is 0 Å². The smallest absolute Gasteiger partial charge is 0.142 e. The van der Waals surface area contributed by atoms with Gasteiger partial charge in [0.05, 0.1) is 6.26 Å². The lowest BCUT2D eigenvalue weighted by atomic mass is 9.93. The molecular formula is C25H22O. The van der Waals surface area contributed by atoms with Crippen molar-refractivity contribution < 1.29 is 4.42 Å². The van der Waals surface area contributed by atoms with Crippen LogP contribution in [0.1, 0.15) is 16.7 Å². The Morgan fingerprint density at radius 2 is 0.923 bits per heavy atom. The largest absolute Gasteiger partial charge is 0.463 e. The molecular weight excluding hydrogens is 316 g/mol. The molecule has 1 heterocycles. The maximum absolute atomic E-state index is 6.09. The van der Waals surface area contributed by atoms with Crippen LogP contribution >= 0.6 is 0 Å². The van der Waals surface area contributed by atoms with Gasteiger partial charge in [0.2, 0.25) is 0 Å². The van der Waals surface area contributed by atoms with Crippen molar-refractivity contribution in [2.75, 3.05) is 0 Å². The first kappa shape index (κ1) is 16.4. The van der Waals surface area contributed by atoms with Gasteiger partial charge in [-0.1, -0.05) is 89.5 Å². The highest BCUT2D eigenvalue weighted by Crippen LogP contribution is 2.41. The first-order valence-electron chi connectivity index (χ1n) is 8.94. The van der Waals surface area contributed by atoms with E-state index in [0.717, 1.165) is 22.5 Å². The van der Waals surface area contributed by atoms with E-state index in [2.05, 4.69) is 93.6 Å². The first-order chi connectivity index (χ1) is 12.6. The van der Waals surface area contributed by atoms with Crippen LogP contribution in [0.4, 0.5) is 0 Å². The van der Waals surface area contributed by atoms with Crippen molar-refractivity contribution >= 4 is 0 Å². The van der Waals surface area contributed by atoms with Gasteiger partial charge in [-0.25, -0.2) is 0 Å². The molecule has 0 saturated heterocycles. The Morgan fingerprint density at radius 3 is 1.42 bits per heavy atom. The van der Waals surface area contributed by atoms with Gasteiger partial charge < -0.3 is 4.42 Å². The van der Waals surface area contributed by atoms with Crippen LogP contribution in [0.5, 0.6) is 0 Å². The SMILES string of the molecule is Cc1ccc(-c2coc(-c3ccc(C)cc3)c2-c2ccc(C)cc2)cc1.